The second-order valence-corrected chi connectivity index (χ2v) is 19.3. The molecular weight excluding hydrogens is 857 g/mol. The third-order valence-electron chi connectivity index (χ3n) is 9.62. The summed E-state index contributed by atoms with van der Waals surface area (Å²) < 4.78 is 8.54. The molecule has 9 rings (SSSR count). The molecule has 0 aliphatic rings. The number of rotatable bonds is 6. The summed E-state index contributed by atoms with van der Waals surface area (Å²) in [6.07, 6.45) is 3.16. The van der Waals surface area contributed by atoms with Gasteiger partial charge in [-0.15, -0.1) is 54.1 Å². The van der Waals surface area contributed by atoms with E-state index in [1.807, 2.05) is 67.6 Å². The summed E-state index contributed by atoms with van der Waals surface area (Å²) in [6.45, 7) is 11.3. The molecule has 0 atom stereocenters. The molecule has 5 nitrogen and oxygen atoms in total. The van der Waals surface area contributed by atoms with Crippen LogP contribution in [0.2, 0.25) is 19.6 Å². The number of nitrogens with zero attached hydrogens (tertiary/aromatic N) is 4. The van der Waals surface area contributed by atoms with Crippen LogP contribution < -0.4 is 5.19 Å². The van der Waals surface area contributed by atoms with E-state index in [-0.39, 0.29) is 20.1 Å². The Labute approximate surface area is 331 Å². The average Bonchev–Trinajstić information content (AvgIpc) is 3.76. The summed E-state index contributed by atoms with van der Waals surface area (Å²) in [5, 5.41) is 3.48. The van der Waals surface area contributed by atoms with Crippen molar-refractivity contribution in [2.24, 2.45) is 0 Å². The molecule has 0 spiro atoms. The van der Waals surface area contributed by atoms with Gasteiger partial charge in [-0.1, -0.05) is 110 Å². The van der Waals surface area contributed by atoms with E-state index in [0.717, 1.165) is 79.0 Å². The Bertz CT molecular complexity index is 2710. The normalized spacial score (nSPS) is 11.4. The largest absolute Gasteiger partial charge is 0.486 e. The van der Waals surface area contributed by atoms with Crippen molar-refractivity contribution in [1.29, 1.82) is 0 Å². The van der Waals surface area contributed by atoms with Crippen molar-refractivity contribution in [2.75, 3.05) is 0 Å². The van der Waals surface area contributed by atoms with Crippen LogP contribution in [-0.4, -0.2) is 27.6 Å². The smallest absolute Gasteiger partial charge is 0.216 e. The van der Waals surface area contributed by atoms with E-state index in [0.29, 0.717) is 5.71 Å². The van der Waals surface area contributed by atoms with Crippen molar-refractivity contribution < 1.29 is 24.5 Å². The molecule has 0 saturated carbocycles. The molecular formula is C47H40IrN4OSi-2. The Kier molecular flexibility index (Phi) is 10.6. The van der Waals surface area contributed by atoms with Crippen LogP contribution in [0, 0.1) is 19.1 Å². The Hall–Kier alpha value is -5.46. The van der Waals surface area contributed by atoms with Gasteiger partial charge in [0.05, 0.1) is 30.5 Å². The molecule has 0 fully saturated rings. The quantitative estimate of drug-likeness (QED) is 0.123. The van der Waals surface area contributed by atoms with Gasteiger partial charge in [0.25, 0.3) is 0 Å². The first-order valence-electron chi connectivity index (χ1n) is 18.1. The van der Waals surface area contributed by atoms with Gasteiger partial charge in [0.2, 0.25) is 5.71 Å². The van der Waals surface area contributed by atoms with Crippen molar-refractivity contribution in [1.82, 2.24) is 19.5 Å². The number of aromatic nitrogens is 4. The van der Waals surface area contributed by atoms with Crippen molar-refractivity contribution >= 4 is 46.4 Å². The van der Waals surface area contributed by atoms with Crippen LogP contribution in [-0.2, 0) is 26.5 Å². The van der Waals surface area contributed by atoms with E-state index < -0.39 is 8.07 Å². The third kappa shape index (κ3) is 7.11. The predicted molar refractivity (Wildman–Crippen MR) is 221 cm³/mol. The summed E-state index contributed by atoms with van der Waals surface area (Å²) in [5.41, 5.74) is 12.0. The fourth-order valence-corrected chi connectivity index (χ4v) is 8.68. The maximum absolute atomic E-state index is 6.32. The molecule has 0 N–H and O–H groups in total. The minimum atomic E-state index is -1.30. The molecule has 0 bridgehead atoms. The second-order valence-electron chi connectivity index (χ2n) is 14.3. The summed E-state index contributed by atoms with van der Waals surface area (Å²) >= 11 is 0. The zero-order chi connectivity index (χ0) is 36.5. The van der Waals surface area contributed by atoms with Crippen LogP contribution in [0.25, 0.3) is 72.6 Å². The molecule has 0 aliphatic heterocycles. The van der Waals surface area contributed by atoms with Gasteiger partial charge in [-0.2, -0.15) is 0 Å². The first-order valence-corrected chi connectivity index (χ1v) is 21.6. The second kappa shape index (κ2) is 15.5. The molecule has 1 radical (unpaired) electrons. The molecule has 4 heterocycles. The van der Waals surface area contributed by atoms with Crippen molar-refractivity contribution in [3.63, 3.8) is 0 Å². The monoisotopic (exact) mass is 897 g/mol. The first-order chi connectivity index (χ1) is 25.8. The van der Waals surface area contributed by atoms with Crippen LogP contribution in [0.15, 0.2) is 144 Å². The maximum atomic E-state index is 6.32. The Balaban J connectivity index is 0.000000201. The Morgan fingerprint density at radius 1 is 0.741 bits per heavy atom. The number of imidazole rings is 1. The molecule has 54 heavy (non-hydrogen) atoms. The van der Waals surface area contributed by atoms with E-state index in [9.17, 15) is 0 Å². The van der Waals surface area contributed by atoms with Crippen LogP contribution in [0.1, 0.15) is 18.2 Å². The average molecular weight is 897 g/mol. The van der Waals surface area contributed by atoms with Gasteiger partial charge in [-0.05, 0) is 60.1 Å². The van der Waals surface area contributed by atoms with Crippen molar-refractivity contribution in [3.05, 3.63) is 163 Å². The SMILES string of the molecule is CCc1cc(-c2[c-]cccc2)ncc1[Si](C)(C)C.Cc1ccc2c(n1)oc1c(-c3nc4ccccc4n3-c3ccccc3-c3ccccc3)[c-]ccc12.[Ir]. The first kappa shape index (κ1) is 36.9. The van der Waals surface area contributed by atoms with E-state index >= 15 is 0 Å². The van der Waals surface area contributed by atoms with Crippen LogP contribution in [0.4, 0.5) is 0 Å². The molecule has 0 unspecified atom stereocenters. The standard InChI is InChI=1S/C31H20N3O.C16H20NSi.Ir/c1-20-18-19-24-23-13-9-14-25(29(23)35-31(24)32-20)30-33-26-15-6-8-17-28(26)34(30)27-16-7-5-12-22(27)21-10-3-2-4-11-21;1-5-13-11-15(14-9-7-6-8-10-14)17-12-16(13)18(2,3)4;/h2-13,15-19H,1H3;6-9,11-12H,5H2,1-4H3;/q2*-1;. The van der Waals surface area contributed by atoms with Gasteiger partial charge < -0.3 is 14.0 Å². The van der Waals surface area contributed by atoms with Gasteiger partial charge in [0, 0.05) is 48.6 Å². The van der Waals surface area contributed by atoms with Gasteiger partial charge in [0.15, 0.2) is 0 Å². The van der Waals surface area contributed by atoms with E-state index in [2.05, 4.69) is 132 Å². The van der Waals surface area contributed by atoms with Gasteiger partial charge in [-0.3, -0.25) is 4.98 Å². The summed E-state index contributed by atoms with van der Waals surface area (Å²) in [5.74, 6) is 0.788. The van der Waals surface area contributed by atoms with E-state index in [1.165, 1.54) is 10.8 Å². The fourth-order valence-electron chi connectivity index (χ4n) is 7.01. The number of hydrogen-bond acceptors (Lipinski definition) is 4. The van der Waals surface area contributed by atoms with Gasteiger partial charge in [-0.25, -0.2) is 4.98 Å². The number of pyridine rings is 2. The Morgan fingerprint density at radius 3 is 2.28 bits per heavy atom. The van der Waals surface area contributed by atoms with Gasteiger partial charge in [0.1, 0.15) is 0 Å². The number of aryl methyl sites for hydroxylation is 2. The van der Waals surface area contributed by atoms with E-state index in [4.69, 9.17) is 9.40 Å². The summed E-state index contributed by atoms with van der Waals surface area (Å²) in [4.78, 5) is 14.3. The zero-order valence-corrected chi connectivity index (χ0v) is 34.4. The van der Waals surface area contributed by atoms with Crippen molar-refractivity contribution in [3.8, 4) is 39.5 Å². The number of hydrogen-bond donors (Lipinski definition) is 0. The summed E-state index contributed by atoms with van der Waals surface area (Å²) in [6, 6.07) is 52.1. The molecule has 7 heteroatoms. The molecule has 269 valence electrons. The minimum Gasteiger partial charge on any atom is -0.486 e. The van der Waals surface area contributed by atoms with Gasteiger partial charge >= 0.3 is 0 Å². The fraction of sp³-hybridized carbons (Fsp3) is 0.128. The molecule has 0 saturated heterocycles. The predicted octanol–water partition coefficient (Wildman–Crippen LogP) is 11.4. The van der Waals surface area contributed by atoms with Crippen LogP contribution >= 0.6 is 0 Å². The maximum Gasteiger partial charge on any atom is 0.216 e. The Morgan fingerprint density at radius 2 is 1.50 bits per heavy atom. The third-order valence-corrected chi connectivity index (χ3v) is 11.7. The topological polar surface area (TPSA) is 56.7 Å². The number of furan rings is 1. The van der Waals surface area contributed by atoms with Crippen LogP contribution in [0.5, 0.6) is 0 Å². The van der Waals surface area contributed by atoms with Crippen molar-refractivity contribution in [2.45, 2.75) is 39.9 Å². The molecule has 0 aliphatic carbocycles. The number of fused-ring (bicyclic) bond motifs is 4. The molecule has 9 aromatic rings. The number of benzene rings is 5. The number of para-hydroxylation sites is 3. The molecule has 4 aromatic heterocycles. The zero-order valence-electron chi connectivity index (χ0n) is 31.0. The van der Waals surface area contributed by atoms with E-state index in [1.54, 1.807) is 0 Å². The summed E-state index contributed by atoms with van der Waals surface area (Å²) in [7, 11) is -1.30. The van der Waals surface area contributed by atoms with Crippen LogP contribution in [0.3, 0.4) is 0 Å². The molecule has 5 aromatic carbocycles. The molecule has 0 amide bonds. The minimum absolute atomic E-state index is 0.